The quantitative estimate of drug-likeness (QED) is 0.192. The zero-order chi connectivity index (χ0) is 27.9. The van der Waals surface area contributed by atoms with Crippen LogP contribution in [0.5, 0.6) is 0 Å². The van der Waals surface area contributed by atoms with Crippen molar-refractivity contribution in [3.63, 3.8) is 0 Å². The van der Waals surface area contributed by atoms with E-state index in [1.165, 1.54) is 16.3 Å². The first-order valence-electron chi connectivity index (χ1n) is 13.5. The molecule has 39 heavy (non-hydrogen) atoms. The van der Waals surface area contributed by atoms with E-state index in [0.29, 0.717) is 23.0 Å². The number of hydrogen-bond donors (Lipinski definition) is 3. The van der Waals surface area contributed by atoms with Crippen LogP contribution < -0.4 is 17.2 Å². The summed E-state index contributed by atoms with van der Waals surface area (Å²) in [5.41, 5.74) is 19.6. The van der Waals surface area contributed by atoms with Gasteiger partial charge in [-0.15, -0.1) is 0 Å². The summed E-state index contributed by atoms with van der Waals surface area (Å²) in [4.78, 5) is 22.3. The van der Waals surface area contributed by atoms with Crippen molar-refractivity contribution < 1.29 is 4.79 Å². The molecule has 1 aliphatic rings. The van der Waals surface area contributed by atoms with Crippen LogP contribution in [-0.4, -0.2) is 66.0 Å². The Morgan fingerprint density at radius 2 is 1.82 bits per heavy atom. The van der Waals surface area contributed by atoms with Crippen LogP contribution in [0.1, 0.15) is 30.9 Å². The largest absolute Gasteiger partial charge is 0.370 e. The first kappa shape index (κ1) is 29.2. The first-order chi connectivity index (χ1) is 18.7. The van der Waals surface area contributed by atoms with Gasteiger partial charge in [0.15, 0.2) is 5.96 Å². The molecule has 208 valence electrons. The third-order valence-electron chi connectivity index (χ3n) is 7.41. The predicted molar refractivity (Wildman–Crippen MR) is 162 cm³/mol. The third kappa shape index (κ3) is 7.85. The summed E-state index contributed by atoms with van der Waals surface area (Å²) in [5.74, 6) is 0.0216. The number of amides is 1. The van der Waals surface area contributed by atoms with E-state index < -0.39 is 6.04 Å². The van der Waals surface area contributed by atoms with E-state index in [9.17, 15) is 4.79 Å². The number of benzene rings is 3. The molecule has 0 spiro atoms. The minimum absolute atomic E-state index is 0.0128. The number of carbonyl (C=O) groups excluding carboxylic acids is 1. The average Bonchev–Trinajstić information content (AvgIpc) is 2.90. The summed E-state index contributed by atoms with van der Waals surface area (Å²) in [6.45, 7) is 5.11. The number of aliphatic imine (C=N–C) groups is 1. The zero-order valence-corrected chi connectivity index (χ0v) is 23.9. The van der Waals surface area contributed by atoms with E-state index in [-0.39, 0.29) is 24.0 Å². The summed E-state index contributed by atoms with van der Waals surface area (Å²) < 4.78 is 0. The van der Waals surface area contributed by atoms with Gasteiger partial charge in [-0.3, -0.25) is 14.7 Å². The Bertz CT molecular complexity index is 1310. The normalized spacial score (nSPS) is 18.7. The Hall–Kier alpha value is -2.84. The molecule has 6 N–H and O–H groups in total. The van der Waals surface area contributed by atoms with Crippen molar-refractivity contribution in [2.75, 3.05) is 26.2 Å². The third-order valence-corrected chi connectivity index (χ3v) is 7.99. The van der Waals surface area contributed by atoms with Crippen molar-refractivity contribution >= 4 is 45.8 Å². The highest BCUT2D eigenvalue weighted by Crippen LogP contribution is 2.25. The average molecular weight is 570 g/mol. The summed E-state index contributed by atoms with van der Waals surface area (Å²) in [7, 11) is 0. The Morgan fingerprint density at radius 3 is 2.56 bits per heavy atom. The highest BCUT2D eigenvalue weighted by atomic mass is 35.5. The fraction of sp³-hybridized carbons (Fsp3) is 0.400. The maximum atomic E-state index is 13.7. The molecule has 0 unspecified atom stereocenters. The van der Waals surface area contributed by atoms with E-state index in [2.05, 4.69) is 59.3 Å². The van der Waals surface area contributed by atoms with Crippen LogP contribution in [0.15, 0.2) is 65.7 Å². The molecule has 4 rings (SSSR count). The lowest BCUT2D eigenvalue weighted by Gasteiger charge is -2.47. The van der Waals surface area contributed by atoms with Gasteiger partial charge in [0.1, 0.15) is 0 Å². The molecule has 3 aromatic rings. The molecule has 0 bridgehead atoms. The van der Waals surface area contributed by atoms with Gasteiger partial charge in [-0.2, -0.15) is 0 Å². The Labute approximate surface area is 240 Å². The second-order valence-corrected chi connectivity index (χ2v) is 11.3. The number of hydrogen-bond acceptors (Lipinski definition) is 4. The topological polar surface area (TPSA) is 114 Å². The summed E-state index contributed by atoms with van der Waals surface area (Å²) in [6, 6.07) is 19.7. The van der Waals surface area contributed by atoms with Crippen molar-refractivity contribution in [2.45, 2.75) is 50.7 Å². The van der Waals surface area contributed by atoms with Crippen LogP contribution >= 0.6 is 23.2 Å². The minimum atomic E-state index is -0.699. The van der Waals surface area contributed by atoms with Gasteiger partial charge in [0.25, 0.3) is 0 Å². The molecular weight excluding hydrogens is 531 g/mol. The lowest BCUT2D eigenvalue weighted by molar-refractivity contribution is -0.141. The molecule has 1 heterocycles. The van der Waals surface area contributed by atoms with Gasteiger partial charge >= 0.3 is 0 Å². The van der Waals surface area contributed by atoms with Gasteiger partial charge in [0.05, 0.1) is 6.04 Å². The van der Waals surface area contributed by atoms with Gasteiger partial charge in [-0.1, -0.05) is 71.7 Å². The van der Waals surface area contributed by atoms with Crippen molar-refractivity contribution in [2.24, 2.45) is 22.2 Å². The molecule has 0 aliphatic carbocycles. The molecule has 1 saturated heterocycles. The van der Waals surface area contributed by atoms with Gasteiger partial charge in [0, 0.05) is 48.3 Å². The lowest BCUT2D eigenvalue weighted by atomic mass is 9.98. The number of guanidine groups is 1. The van der Waals surface area contributed by atoms with Crippen LogP contribution in [0, 0.1) is 0 Å². The highest BCUT2D eigenvalue weighted by molar-refractivity contribution is 6.35. The second kappa shape index (κ2) is 13.5. The van der Waals surface area contributed by atoms with E-state index in [4.69, 9.17) is 40.4 Å². The highest BCUT2D eigenvalue weighted by Gasteiger charge is 2.37. The second-order valence-electron chi connectivity index (χ2n) is 10.4. The molecule has 9 heteroatoms. The fourth-order valence-corrected chi connectivity index (χ4v) is 6.00. The van der Waals surface area contributed by atoms with Gasteiger partial charge in [0.2, 0.25) is 5.91 Å². The van der Waals surface area contributed by atoms with Crippen molar-refractivity contribution in [3.8, 4) is 0 Å². The monoisotopic (exact) mass is 568 g/mol. The number of carbonyl (C=O) groups is 1. The standard InChI is InChI=1S/C30H38Cl2N6O/c1-20-18-37(14-12-21-8-9-22-5-2-3-6-23(22)15-21)19-26(7-4-13-36-30(34)35)38(20)29(39)28(33)16-24-10-11-25(31)17-27(24)32/h2-3,5-6,8-11,15,17,20,26,28H,4,7,12-14,16,18-19,33H2,1H3,(H4,34,35,36)/t20-,26+,28-/m1/s1. The van der Waals surface area contributed by atoms with Crippen LogP contribution in [-0.2, 0) is 17.6 Å². The van der Waals surface area contributed by atoms with E-state index in [0.717, 1.165) is 44.5 Å². The molecule has 0 aromatic heterocycles. The van der Waals surface area contributed by atoms with Crippen molar-refractivity contribution in [1.82, 2.24) is 9.80 Å². The predicted octanol–water partition coefficient (Wildman–Crippen LogP) is 4.21. The summed E-state index contributed by atoms with van der Waals surface area (Å²) in [6.07, 6.45) is 2.86. The molecule has 3 aromatic carbocycles. The number of halogens is 2. The Morgan fingerprint density at radius 1 is 1.05 bits per heavy atom. The lowest BCUT2D eigenvalue weighted by Crippen LogP contribution is -2.62. The van der Waals surface area contributed by atoms with Crippen LogP contribution in [0.3, 0.4) is 0 Å². The molecule has 0 saturated carbocycles. The smallest absolute Gasteiger partial charge is 0.240 e. The maximum Gasteiger partial charge on any atom is 0.240 e. The van der Waals surface area contributed by atoms with E-state index in [1.54, 1.807) is 12.1 Å². The molecule has 1 amide bonds. The fourth-order valence-electron chi connectivity index (χ4n) is 5.51. The zero-order valence-electron chi connectivity index (χ0n) is 22.4. The molecule has 1 fully saturated rings. The number of rotatable bonds is 10. The first-order valence-corrected chi connectivity index (χ1v) is 14.2. The van der Waals surface area contributed by atoms with E-state index in [1.807, 2.05) is 11.0 Å². The van der Waals surface area contributed by atoms with Gasteiger partial charge < -0.3 is 22.1 Å². The number of piperazine rings is 1. The Balaban J connectivity index is 1.44. The summed E-state index contributed by atoms with van der Waals surface area (Å²) >= 11 is 12.4. The van der Waals surface area contributed by atoms with Crippen LogP contribution in [0.2, 0.25) is 10.0 Å². The number of nitrogens with zero attached hydrogens (tertiary/aromatic N) is 3. The SMILES string of the molecule is C[C@@H]1CN(CCc2ccc3ccccc3c2)C[C@H](CCCN=C(N)N)N1C(=O)[C@H](N)Cc1ccc(Cl)cc1Cl. The molecular formula is C30H38Cl2N6O. The van der Waals surface area contributed by atoms with Crippen LogP contribution in [0.25, 0.3) is 10.8 Å². The number of nitrogens with two attached hydrogens (primary N) is 3. The number of fused-ring (bicyclic) bond motifs is 1. The van der Waals surface area contributed by atoms with Gasteiger partial charge in [-0.05, 0) is 66.6 Å². The Kier molecular flexibility index (Phi) is 10.1. The van der Waals surface area contributed by atoms with Crippen LogP contribution in [0.4, 0.5) is 0 Å². The van der Waals surface area contributed by atoms with Crippen molar-refractivity contribution in [3.05, 3.63) is 81.8 Å². The molecule has 1 aliphatic heterocycles. The van der Waals surface area contributed by atoms with Crippen molar-refractivity contribution in [1.29, 1.82) is 0 Å². The maximum absolute atomic E-state index is 13.7. The van der Waals surface area contributed by atoms with E-state index >= 15 is 0 Å². The summed E-state index contributed by atoms with van der Waals surface area (Å²) in [5, 5.41) is 3.58. The minimum Gasteiger partial charge on any atom is -0.370 e. The molecule has 3 atom stereocenters. The molecule has 0 radical (unpaired) electrons. The molecule has 7 nitrogen and oxygen atoms in total. The van der Waals surface area contributed by atoms with Gasteiger partial charge in [-0.25, -0.2) is 0 Å².